The standard InChI is InChI=1S/C27H20N4O6/c1-14-11-12-15(2)18(13-14)31-26(35)22(29-30-24(34)16-7-3-5-9-19(16)32)21(23(33)27(31)36)25-28-17-8-4-6-10-20(17)37-25/h3-13,21,32H,1-2H3,(H,30,34)/b29-22+/t21-/m0/s1. The summed E-state index contributed by atoms with van der Waals surface area (Å²) >= 11 is 0. The number of phenolic OH excluding ortho intramolecular Hbond substituents is 1. The molecule has 4 aromatic rings. The van der Waals surface area contributed by atoms with E-state index in [1.807, 2.05) is 6.07 Å². The first-order chi connectivity index (χ1) is 17.8. The van der Waals surface area contributed by atoms with Crippen LogP contribution in [0, 0.1) is 13.8 Å². The summed E-state index contributed by atoms with van der Waals surface area (Å²) in [5, 5.41) is 14.0. The van der Waals surface area contributed by atoms with Crippen molar-refractivity contribution in [1.29, 1.82) is 0 Å². The van der Waals surface area contributed by atoms with Gasteiger partial charge in [0.2, 0.25) is 11.7 Å². The molecule has 10 heteroatoms. The second-order valence-electron chi connectivity index (χ2n) is 8.51. The Kier molecular flexibility index (Phi) is 5.84. The number of carbonyl (C=O) groups excluding carboxylic acids is 4. The molecule has 2 heterocycles. The number of rotatable bonds is 4. The number of aromatic nitrogens is 1. The van der Waals surface area contributed by atoms with Crippen LogP contribution in [0.25, 0.3) is 11.1 Å². The van der Waals surface area contributed by atoms with Crippen molar-refractivity contribution in [2.45, 2.75) is 19.8 Å². The minimum absolute atomic E-state index is 0.0951. The zero-order chi connectivity index (χ0) is 26.3. The Bertz CT molecular complexity index is 1600. The van der Waals surface area contributed by atoms with Crippen molar-refractivity contribution in [1.82, 2.24) is 10.4 Å². The third kappa shape index (κ3) is 4.14. The van der Waals surface area contributed by atoms with Gasteiger partial charge in [-0.2, -0.15) is 5.10 Å². The highest BCUT2D eigenvalue weighted by atomic mass is 16.3. The van der Waals surface area contributed by atoms with Crippen LogP contribution in [-0.4, -0.2) is 39.3 Å². The zero-order valence-electron chi connectivity index (χ0n) is 19.8. The van der Waals surface area contributed by atoms with Gasteiger partial charge >= 0.3 is 5.91 Å². The van der Waals surface area contributed by atoms with E-state index in [1.54, 1.807) is 56.3 Å². The van der Waals surface area contributed by atoms with Crippen molar-refractivity contribution in [2.75, 3.05) is 4.90 Å². The van der Waals surface area contributed by atoms with E-state index in [2.05, 4.69) is 15.5 Å². The summed E-state index contributed by atoms with van der Waals surface area (Å²) in [6.07, 6.45) is 0. The first kappa shape index (κ1) is 23.6. The van der Waals surface area contributed by atoms with Crippen molar-refractivity contribution in [3.8, 4) is 5.75 Å². The number of imide groups is 1. The molecular formula is C27H20N4O6. The van der Waals surface area contributed by atoms with Crippen LogP contribution in [0.1, 0.15) is 33.3 Å². The Labute approximate surface area is 210 Å². The number of Topliss-reactive ketones (excluding diaryl/α,β-unsaturated/α-hetero) is 1. The predicted molar refractivity (Wildman–Crippen MR) is 133 cm³/mol. The molecule has 1 fully saturated rings. The minimum atomic E-state index is -1.58. The maximum Gasteiger partial charge on any atom is 0.302 e. The summed E-state index contributed by atoms with van der Waals surface area (Å²) in [4.78, 5) is 58.1. The van der Waals surface area contributed by atoms with Crippen LogP contribution in [0.5, 0.6) is 5.75 Å². The van der Waals surface area contributed by atoms with E-state index in [0.29, 0.717) is 16.7 Å². The summed E-state index contributed by atoms with van der Waals surface area (Å²) in [5.41, 5.74) is 3.99. The van der Waals surface area contributed by atoms with Gasteiger partial charge in [-0.3, -0.25) is 19.2 Å². The number of anilines is 1. The van der Waals surface area contributed by atoms with Crippen molar-refractivity contribution >= 4 is 46.0 Å². The number of fused-ring (bicyclic) bond motifs is 1. The molecule has 3 amide bonds. The van der Waals surface area contributed by atoms with Gasteiger partial charge in [0, 0.05) is 0 Å². The smallest absolute Gasteiger partial charge is 0.302 e. The molecule has 1 saturated heterocycles. The fourth-order valence-corrected chi connectivity index (χ4v) is 4.06. The van der Waals surface area contributed by atoms with E-state index in [4.69, 9.17) is 4.42 Å². The topological polar surface area (TPSA) is 142 Å². The number of aryl methyl sites for hydroxylation is 2. The van der Waals surface area contributed by atoms with E-state index < -0.39 is 35.1 Å². The lowest BCUT2D eigenvalue weighted by Gasteiger charge is -2.29. The number of phenols is 1. The van der Waals surface area contributed by atoms with E-state index in [1.165, 1.54) is 18.2 Å². The number of aromatic hydroxyl groups is 1. The van der Waals surface area contributed by atoms with Gasteiger partial charge in [0.05, 0.1) is 11.3 Å². The molecule has 184 valence electrons. The van der Waals surface area contributed by atoms with Crippen molar-refractivity contribution in [2.24, 2.45) is 5.10 Å². The maximum atomic E-state index is 13.7. The molecule has 10 nitrogen and oxygen atoms in total. The molecule has 0 aliphatic carbocycles. The average Bonchev–Trinajstić information content (AvgIpc) is 3.31. The van der Waals surface area contributed by atoms with Crippen LogP contribution in [0.4, 0.5) is 5.69 Å². The number of ketones is 1. The fourth-order valence-electron chi connectivity index (χ4n) is 4.06. The molecule has 0 spiro atoms. The highest BCUT2D eigenvalue weighted by Crippen LogP contribution is 2.32. The summed E-state index contributed by atoms with van der Waals surface area (Å²) < 4.78 is 5.71. The Morgan fingerprint density at radius 2 is 1.73 bits per heavy atom. The Morgan fingerprint density at radius 3 is 2.49 bits per heavy atom. The second-order valence-corrected chi connectivity index (χ2v) is 8.51. The quantitative estimate of drug-likeness (QED) is 0.251. The SMILES string of the molecule is Cc1ccc(C)c(N2C(=O)C(=O)[C@@H](c3nc4ccccc4o3)/C(=N\NC(=O)c3ccccc3O)C2=O)c1. The van der Waals surface area contributed by atoms with Crippen LogP contribution in [-0.2, 0) is 14.4 Å². The third-order valence-corrected chi connectivity index (χ3v) is 5.96. The Balaban J connectivity index is 1.62. The number of nitrogens with zero attached hydrogens (tertiary/aromatic N) is 3. The number of oxazole rings is 1. The summed E-state index contributed by atoms with van der Waals surface area (Å²) in [6, 6.07) is 17.6. The molecular weight excluding hydrogens is 476 g/mol. The number of hydrogen-bond acceptors (Lipinski definition) is 8. The fraction of sp³-hybridized carbons (Fsp3) is 0.111. The first-order valence-electron chi connectivity index (χ1n) is 11.3. The monoisotopic (exact) mass is 496 g/mol. The van der Waals surface area contributed by atoms with Gasteiger partial charge in [-0.25, -0.2) is 15.3 Å². The molecule has 37 heavy (non-hydrogen) atoms. The molecule has 3 aromatic carbocycles. The third-order valence-electron chi connectivity index (χ3n) is 5.96. The lowest BCUT2D eigenvalue weighted by molar-refractivity contribution is -0.139. The summed E-state index contributed by atoms with van der Waals surface area (Å²) in [5.74, 6) is -5.89. The lowest BCUT2D eigenvalue weighted by Crippen LogP contribution is -2.55. The molecule has 1 aliphatic heterocycles. The van der Waals surface area contributed by atoms with Crippen LogP contribution in [0.15, 0.2) is 76.2 Å². The molecule has 0 unspecified atom stereocenters. The van der Waals surface area contributed by atoms with E-state index in [0.717, 1.165) is 10.5 Å². The molecule has 1 aliphatic rings. The molecule has 5 rings (SSSR count). The molecule has 0 bridgehead atoms. The highest BCUT2D eigenvalue weighted by Gasteiger charge is 2.49. The number of benzene rings is 3. The largest absolute Gasteiger partial charge is 0.507 e. The number of para-hydroxylation sites is 3. The van der Waals surface area contributed by atoms with Crippen molar-refractivity contribution < 1.29 is 28.7 Å². The van der Waals surface area contributed by atoms with E-state index in [-0.39, 0.29) is 22.9 Å². The van der Waals surface area contributed by atoms with Crippen LogP contribution in [0.2, 0.25) is 0 Å². The average molecular weight is 496 g/mol. The number of amides is 3. The van der Waals surface area contributed by atoms with Gasteiger partial charge in [-0.15, -0.1) is 0 Å². The predicted octanol–water partition coefficient (Wildman–Crippen LogP) is 3.16. The summed E-state index contributed by atoms with van der Waals surface area (Å²) in [6.45, 7) is 3.48. The second kappa shape index (κ2) is 9.15. The Hall–Kier alpha value is -5.12. The van der Waals surface area contributed by atoms with Gasteiger partial charge in [-0.05, 0) is 55.3 Å². The van der Waals surface area contributed by atoms with Gasteiger partial charge in [0.15, 0.2) is 11.5 Å². The normalized spacial score (nSPS) is 17.0. The molecule has 0 saturated carbocycles. The number of carbonyl (C=O) groups is 4. The lowest BCUT2D eigenvalue weighted by atomic mass is 9.90. The van der Waals surface area contributed by atoms with Crippen LogP contribution >= 0.6 is 0 Å². The number of hydrogen-bond donors (Lipinski definition) is 2. The van der Waals surface area contributed by atoms with Gasteiger partial charge in [0.25, 0.3) is 11.8 Å². The van der Waals surface area contributed by atoms with Crippen LogP contribution < -0.4 is 10.3 Å². The molecule has 1 aromatic heterocycles. The molecule has 1 atom stereocenters. The van der Waals surface area contributed by atoms with E-state index >= 15 is 0 Å². The van der Waals surface area contributed by atoms with Gasteiger partial charge in [0.1, 0.15) is 17.0 Å². The zero-order valence-corrected chi connectivity index (χ0v) is 19.8. The van der Waals surface area contributed by atoms with E-state index in [9.17, 15) is 24.3 Å². The number of nitrogens with one attached hydrogen (secondary N) is 1. The molecule has 0 radical (unpaired) electrons. The minimum Gasteiger partial charge on any atom is -0.507 e. The maximum absolute atomic E-state index is 13.7. The highest BCUT2D eigenvalue weighted by molar-refractivity contribution is 6.67. The van der Waals surface area contributed by atoms with Crippen LogP contribution in [0.3, 0.4) is 0 Å². The van der Waals surface area contributed by atoms with Crippen molar-refractivity contribution in [3.05, 3.63) is 89.3 Å². The molecule has 2 N–H and O–H groups in total. The van der Waals surface area contributed by atoms with Gasteiger partial charge in [-0.1, -0.05) is 36.4 Å². The number of hydrazone groups is 1. The summed E-state index contributed by atoms with van der Waals surface area (Å²) in [7, 11) is 0. The van der Waals surface area contributed by atoms with Gasteiger partial charge < -0.3 is 9.52 Å². The Morgan fingerprint density at radius 1 is 1.00 bits per heavy atom. The number of piperidine rings is 1. The first-order valence-corrected chi connectivity index (χ1v) is 11.3. The van der Waals surface area contributed by atoms with Crippen molar-refractivity contribution in [3.63, 3.8) is 0 Å².